The zero-order valence-corrected chi connectivity index (χ0v) is 28.2. The average Bonchev–Trinajstić information content (AvgIpc) is 3.30. The predicted molar refractivity (Wildman–Crippen MR) is 172 cm³/mol. The van der Waals surface area contributed by atoms with E-state index in [9.17, 15) is 14.4 Å². The summed E-state index contributed by atoms with van der Waals surface area (Å²) < 4.78 is 35.5. The van der Waals surface area contributed by atoms with Crippen LogP contribution in [0, 0.1) is 3.57 Å². The molecule has 0 saturated carbocycles. The van der Waals surface area contributed by atoms with Crippen molar-refractivity contribution >= 4 is 51.9 Å². The van der Waals surface area contributed by atoms with Crippen molar-refractivity contribution in [3.05, 3.63) is 76.0 Å². The Bertz CT molecular complexity index is 1780. The predicted octanol–water partition coefficient (Wildman–Crippen LogP) is 3.76. The van der Waals surface area contributed by atoms with E-state index in [-0.39, 0.29) is 24.3 Å². The number of thiazole rings is 1. The van der Waals surface area contributed by atoms with Gasteiger partial charge in [0.2, 0.25) is 0 Å². The van der Waals surface area contributed by atoms with E-state index < -0.39 is 18.0 Å². The summed E-state index contributed by atoms with van der Waals surface area (Å²) in [6.07, 6.45) is 1.76. The van der Waals surface area contributed by atoms with Crippen molar-refractivity contribution in [3.8, 4) is 23.0 Å². The maximum atomic E-state index is 14.1. The molecule has 0 aliphatic carbocycles. The Morgan fingerprint density at radius 3 is 2.41 bits per heavy atom. The monoisotopic (exact) mass is 736 g/mol. The summed E-state index contributed by atoms with van der Waals surface area (Å²) in [5, 5.41) is 0. The lowest BCUT2D eigenvalue weighted by molar-refractivity contribution is -0.143. The highest BCUT2D eigenvalue weighted by Gasteiger charge is 2.34. The summed E-state index contributed by atoms with van der Waals surface area (Å²) in [6, 6.07) is 7.88. The first-order chi connectivity index (χ1) is 21.2. The van der Waals surface area contributed by atoms with Gasteiger partial charge >= 0.3 is 11.9 Å². The second kappa shape index (κ2) is 14.8. The first kappa shape index (κ1) is 33.1. The molecule has 0 unspecified atom stereocenters. The molecule has 0 spiro atoms. The molecule has 1 atom stereocenters. The van der Waals surface area contributed by atoms with E-state index in [0.29, 0.717) is 56.8 Å². The molecule has 0 saturated heterocycles. The minimum Gasteiger partial charge on any atom is -0.493 e. The van der Waals surface area contributed by atoms with Gasteiger partial charge in [0.15, 0.2) is 34.4 Å². The molecule has 0 fully saturated rings. The van der Waals surface area contributed by atoms with Crippen molar-refractivity contribution in [1.82, 2.24) is 4.57 Å². The van der Waals surface area contributed by atoms with Crippen molar-refractivity contribution < 1.29 is 38.0 Å². The van der Waals surface area contributed by atoms with Gasteiger partial charge in [-0.3, -0.25) is 9.36 Å². The Morgan fingerprint density at radius 2 is 1.75 bits per heavy atom. The van der Waals surface area contributed by atoms with Crippen LogP contribution < -0.4 is 33.8 Å². The highest BCUT2D eigenvalue weighted by atomic mass is 127. The molecule has 1 aliphatic heterocycles. The maximum Gasteiger partial charge on any atom is 0.343 e. The second-order valence-electron chi connectivity index (χ2n) is 9.27. The molecule has 0 amide bonds. The molecule has 13 heteroatoms. The molecular formula is C31H33IN2O9S. The van der Waals surface area contributed by atoms with Crippen LogP contribution in [0.5, 0.6) is 23.0 Å². The quantitative estimate of drug-likeness (QED) is 0.202. The Hall–Kier alpha value is -3.85. The average molecular weight is 737 g/mol. The van der Waals surface area contributed by atoms with E-state index in [2.05, 4.69) is 32.3 Å². The molecule has 11 nitrogen and oxygen atoms in total. The van der Waals surface area contributed by atoms with Gasteiger partial charge in [-0.25, -0.2) is 14.6 Å². The van der Waals surface area contributed by atoms with Crippen LogP contribution >= 0.6 is 33.9 Å². The summed E-state index contributed by atoms with van der Waals surface area (Å²) in [5.41, 5.74) is 1.64. The van der Waals surface area contributed by atoms with Crippen molar-refractivity contribution in [2.45, 2.75) is 33.7 Å². The van der Waals surface area contributed by atoms with Crippen LogP contribution in [-0.2, 0) is 19.1 Å². The molecule has 2 aromatic carbocycles. The van der Waals surface area contributed by atoms with Gasteiger partial charge in [0.25, 0.3) is 5.56 Å². The lowest BCUT2D eigenvalue weighted by Gasteiger charge is -2.25. The van der Waals surface area contributed by atoms with Gasteiger partial charge in [-0.15, -0.1) is 0 Å². The zero-order chi connectivity index (χ0) is 32.0. The summed E-state index contributed by atoms with van der Waals surface area (Å²) in [4.78, 5) is 44.1. The van der Waals surface area contributed by atoms with Crippen LogP contribution in [-0.4, -0.2) is 57.2 Å². The number of allylic oxidation sites excluding steroid dienone is 1. The molecule has 44 heavy (non-hydrogen) atoms. The number of nitrogens with zero attached hydrogens (tertiary/aromatic N) is 2. The number of ether oxygens (including phenoxy) is 6. The highest BCUT2D eigenvalue weighted by molar-refractivity contribution is 14.1. The van der Waals surface area contributed by atoms with Crippen LogP contribution in [0.4, 0.5) is 0 Å². The molecule has 0 bridgehead atoms. The number of benzene rings is 2. The van der Waals surface area contributed by atoms with Crippen LogP contribution in [0.25, 0.3) is 6.08 Å². The number of halogens is 1. The number of methoxy groups -OCH3 is 2. The van der Waals surface area contributed by atoms with Crippen molar-refractivity contribution in [2.24, 2.45) is 4.99 Å². The van der Waals surface area contributed by atoms with Crippen molar-refractivity contribution in [3.63, 3.8) is 0 Å². The molecule has 4 rings (SSSR count). The number of rotatable bonds is 12. The number of carbonyl (C=O) groups is 2. The topological polar surface area (TPSA) is 124 Å². The van der Waals surface area contributed by atoms with Crippen LogP contribution in [0.15, 0.2) is 51.4 Å². The van der Waals surface area contributed by atoms with E-state index in [1.54, 1.807) is 51.3 Å². The van der Waals surface area contributed by atoms with Gasteiger partial charge in [-0.05, 0) is 91.8 Å². The van der Waals surface area contributed by atoms with E-state index in [1.807, 2.05) is 19.9 Å². The summed E-state index contributed by atoms with van der Waals surface area (Å²) in [5.74, 6) is 0.701. The fourth-order valence-electron chi connectivity index (χ4n) is 4.64. The molecule has 0 radical (unpaired) electrons. The largest absolute Gasteiger partial charge is 0.493 e. The van der Waals surface area contributed by atoms with Gasteiger partial charge < -0.3 is 28.4 Å². The Balaban J connectivity index is 1.90. The zero-order valence-electron chi connectivity index (χ0n) is 25.2. The lowest BCUT2D eigenvalue weighted by atomic mass is 9.95. The Kier molecular flexibility index (Phi) is 11.1. The minimum absolute atomic E-state index is 0.148. The summed E-state index contributed by atoms with van der Waals surface area (Å²) in [6.45, 7) is 7.76. The molecule has 0 N–H and O–H groups in total. The third-order valence-electron chi connectivity index (χ3n) is 6.51. The summed E-state index contributed by atoms with van der Waals surface area (Å²) >= 11 is 3.38. The number of fused-ring (bicyclic) bond motifs is 1. The normalized spacial score (nSPS) is 14.4. The summed E-state index contributed by atoms with van der Waals surface area (Å²) in [7, 11) is 2.83. The second-order valence-corrected chi connectivity index (χ2v) is 11.4. The van der Waals surface area contributed by atoms with Crippen molar-refractivity contribution in [1.29, 1.82) is 0 Å². The van der Waals surface area contributed by atoms with Gasteiger partial charge in [-0.1, -0.05) is 17.4 Å². The number of hydrogen-bond acceptors (Lipinski definition) is 11. The maximum absolute atomic E-state index is 14.1. The first-order valence-corrected chi connectivity index (χ1v) is 15.7. The fourth-order valence-corrected chi connectivity index (χ4v) is 6.47. The number of esters is 2. The molecule has 1 aromatic heterocycles. The standard InChI is InChI=1S/C31H33IN2O9S/c1-7-40-22-15-19(10-11-21(22)43-16-25(35)39-6)27-26(30(37)42-9-3)17(4)33-31-34(27)29(36)24(44-31)14-18-12-20(32)28(41-8-2)23(13-18)38-5/h10-15,27H,7-9,16H2,1-6H3/b24-14+/t27-/m1/s1. The SMILES string of the molecule is CCOC(=O)C1=C(C)N=c2s/c(=C/c3cc(I)c(OCC)c(OC)c3)c(=O)n2[C@@H]1c1ccc(OCC(=O)OC)c(OCC)c1. The molecular weight excluding hydrogens is 703 g/mol. The van der Waals surface area contributed by atoms with Crippen molar-refractivity contribution in [2.75, 3.05) is 40.6 Å². The van der Waals surface area contributed by atoms with E-state index in [4.69, 9.17) is 23.7 Å². The Labute approximate surface area is 271 Å². The van der Waals surface area contributed by atoms with Gasteiger partial charge in [0.1, 0.15) is 0 Å². The third kappa shape index (κ3) is 6.93. The van der Waals surface area contributed by atoms with E-state index >= 15 is 0 Å². The van der Waals surface area contributed by atoms with Crippen LogP contribution in [0.1, 0.15) is 44.9 Å². The lowest BCUT2D eigenvalue weighted by Crippen LogP contribution is -2.40. The van der Waals surface area contributed by atoms with Gasteiger partial charge in [-0.2, -0.15) is 0 Å². The van der Waals surface area contributed by atoms with Crippen LogP contribution in [0.3, 0.4) is 0 Å². The van der Waals surface area contributed by atoms with Gasteiger partial charge in [0.05, 0.1) is 59.5 Å². The highest BCUT2D eigenvalue weighted by Crippen LogP contribution is 2.37. The minimum atomic E-state index is -0.865. The third-order valence-corrected chi connectivity index (χ3v) is 8.30. The molecule has 234 valence electrons. The molecule has 2 heterocycles. The van der Waals surface area contributed by atoms with Crippen LogP contribution in [0.2, 0.25) is 0 Å². The molecule has 1 aliphatic rings. The fraction of sp³-hybridized carbons (Fsp3) is 0.355. The Morgan fingerprint density at radius 1 is 1.00 bits per heavy atom. The number of aromatic nitrogens is 1. The van der Waals surface area contributed by atoms with Gasteiger partial charge in [0, 0.05) is 0 Å². The number of carbonyl (C=O) groups excluding carboxylic acids is 2. The number of hydrogen-bond donors (Lipinski definition) is 0. The first-order valence-electron chi connectivity index (χ1n) is 13.8. The molecule has 3 aromatic rings. The smallest absolute Gasteiger partial charge is 0.343 e. The van der Waals surface area contributed by atoms with E-state index in [0.717, 1.165) is 9.13 Å². The van der Waals surface area contributed by atoms with E-state index in [1.165, 1.54) is 23.0 Å².